The van der Waals surface area contributed by atoms with Crippen LogP contribution >= 0.6 is 22.9 Å². The molecule has 116 valence electrons. The normalized spacial score (nSPS) is 10.7. The third-order valence-corrected chi connectivity index (χ3v) is 4.23. The lowest BCUT2D eigenvalue weighted by Gasteiger charge is -2.03. The van der Waals surface area contributed by atoms with Gasteiger partial charge in [-0.2, -0.15) is 0 Å². The Hall–Kier alpha value is -2.58. The maximum atomic E-state index is 13.0. The second-order valence-electron chi connectivity index (χ2n) is 4.51. The molecule has 0 atom stereocenters. The summed E-state index contributed by atoms with van der Waals surface area (Å²) in [5.74, 6) is -1.08. The van der Waals surface area contributed by atoms with Crippen molar-refractivity contribution in [3.8, 4) is 0 Å². The minimum atomic E-state index is -0.543. The van der Waals surface area contributed by atoms with Gasteiger partial charge in [-0.3, -0.25) is 20.2 Å². The molecule has 3 aromatic rings. The molecule has 6 nitrogen and oxygen atoms in total. The Labute approximate surface area is 137 Å². The first kappa shape index (κ1) is 15.3. The topological polar surface area (TPSA) is 85.1 Å². The second-order valence-corrected chi connectivity index (χ2v) is 5.94. The Morgan fingerprint density at radius 1 is 1.30 bits per heavy atom. The van der Waals surface area contributed by atoms with Crippen molar-refractivity contribution in [2.24, 2.45) is 0 Å². The van der Waals surface area contributed by atoms with Gasteiger partial charge in [0.25, 0.3) is 11.6 Å². The number of halogens is 2. The van der Waals surface area contributed by atoms with E-state index in [1.807, 2.05) is 0 Å². The number of carbonyl (C=O) groups excluding carboxylic acids is 1. The number of aromatic nitrogens is 1. The molecule has 0 unspecified atom stereocenters. The van der Waals surface area contributed by atoms with Crippen LogP contribution in [0.3, 0.4) is 0 Å². The summed E-state index contributed by atoms with van der Waals surface area (Å²) < 4.78 is 13.6. The number of anilines is 1. The van der Waals surface area contributed by atoms with Crippen LogP contribution in [0, 0.1) is 15.9 Å². The van der Waals surface area contributed by atoms with E-state index in [0.29, 0.717) is 10.2 Å². The molecular weight excluding hydrogens is 345 g/mol. The second kappa shape index (κ2) is 5.90. The molecule has 23 heavy (non-hydrogen) atoms. The fourth-order valence-corrected chi connectivity index (χ4v) is 3.07. The zero-order valence-corrected chi connectivity index (χ0v) is 12.8. The average Bonchev–Trinajstić information content (AvgIpc) is 2.87. The van der Waals surface area contributed by atoms with Crippen molar-refractivity contribution in [3.05, 3.63) is 62.9 Å². The van der Waals surface area contributed by atoms with Gasteiger partial charge in [0, 0.05) is 12.1 Å². The Balaban J connectivity index is 1.89. The van der Waals surface area contributed by atoms with Gasteiger partial charge in [0.1, 0.15) is 5.82 Å². The number of amides is 1. The fourth-order valence-electron chi connectivity index (χ4n) is 1.92. The molecule has 1 N–H and O–H groups in total. The number of fused-ring (bicyclic) bond motifs is 1. The number of hydrogen-bond donors (Lipinski definition) is 1. The van der Waals surface area contributed by atoms with Crippen LogP contribution in [0.1, 0.15) is 10.4 Å². The van der Waals surface area contributed by atoms with Gasteiger partial charge in [0.15, 0.2) is 5.13 Å². The van der Waals surface area contributed by atoms with E-state index in [2.05, 4.69) is 10.3 Å². The van der Waals surface area contributed by atoms with Crippen LogP contribution < -0.4 is 5.32 Å². The first-order valence-electron chi connectivity index (χ1n) is 6.25. The first-order valence-corrected chi connectivity index (χ1v) is 7.45. The molecule has 1 heterocycles. The number of hydrogen-bond acceptors (Lipinski definition) is 5. The van der Waals surface area contributed by atoms with Crippen molar-refractivity contribution in [3.63, 3.8) is 0 Å². The van der Waals surface area contributed by atoms with E-state index in [9.17, 15) is 19.3 Å². The monoisotopic (exact) mass is 351 g/mol. The Morgan fingerprint density at radius 3 is 2.78 bits per heavy atom. The summed E-state index contributed by atoms with van der Waals surface area (Å²) in [5, 5.41) is 13.6. The highest BCUT2D eigenvalue weighted by Gasteiger charge is 2.15. The highest BCUT2D eigenvalue weighted by molar-refractivity contribution is 7.22. The molecule has 0 aliphatic carbocycles. The lowest BCUT2D eigenvalue weighted by molar-refractivity contribution is -0.384. The lowest BCUT2D eigenvalue weighted by Crippen LogP contribution is -2.12. The smallest absolute Gasteiger partial charge is 0.270 e. The molecule has 0 aliphatic rings. The molecule has 1 amide bonds. The molecule has 9 heteroatoms. The number of nitrogens with one attached hydrogen (secondary N) is 1. The number of nitrogens with zero attached hydrogens (tertiary/aromatic N) is 2. The SMILES string of the molecule is O=C(Nc1nc2ccc([N+](=O)[O-])cc2s1)c1ccc(F)cc1Cl. The third kappa shape index (κ3) is 3.13. The van der Waals surface area contributed by atoms with Crippen LogP contribution in [-0.2, 0) is 0 Å². The number of rotatable bonds is 3. The third-order valence-electron chi connectivity index (χ3n) is 2.98. The Morgan fingerprint density at radius 2 is 2.09 bits per heavy atom. The van der Waals surface area contributed by atoms with Crippen LogP contribution in [0.5, 0.6) is 0 Å². The van der Waals surface area contributed by atoms with Crippen molar-refractivity contribution in [1.82, 2.24) is 4.98 Å². The summed E-state index contributed by atoms with van der Waals surface area (Å²) in [5.41, 5.74) is 0.583. The van der Waals surface area contributed by atoms with Crippen LogP contribution in [-0.4, -0.2) is 15.8 Å². The minimum absolute atomic E-state index is 0.0146. The molecule has 3 rings (SSSR count). The maximum absolute atomic E-state index is 13.0. The molecule has 0 aliphatic heterocycles. The first-order chi connectivity index (χ1) is 10.9. The molecular formula is C14H7ClFN3O3S. The fraction of sp³-hybridized carbons (Fsp3) is 0. The largest absolute Gasteiger partial charge is 0.298 e. The quantitative estimate of drug-likeness (QED) is 0.564. The van der Waals surface area contributed by atoms with E-state index in [-0.39, 0.29) is 21.4 Å². The number of nitro groups is 1. The van der Waals surface area contributed by atoms with E-state index in [1.165, 1.54) is 24.3 Å². The maximum Gasteiger partial charge on any atom is 0.270 e. The summed E-state index contributed by atoms with van der Waals surface area (Å²) in [6.07, 6.45) is 0. The molecule has 0 bridgehead atoms. The van der Waals surface area contributed by atoms with E-state index in [1.54, 1.807) is 0 Å². The van der Waals surface area contributed by atoms with Crippen molar-refractivity contribution < 1.29 is 14.1 Å². The van der Waals surface area contributed by atoms with Crippen molar-refractivity contribution in [2.75, 3.05) is 5.32 Å². The predicted octanol–water partition coefficient (Wildman–Crippen LogP) is 4.25. The van der Waals surface area contributed by atoms with Crippen molar-refractivity contribution in [2.45, 2.75) is 0 Å². The van der Waals surface area contributed by atoms with Crippen LogP contribution in [0.2, 0.25) is 5.02 Å². The molecule has 0 spiro atoms. The zero-order valence-electron chi connectivity index (χ0n) is 11.2. The molecule has 1 aromatic heterocycles. The van der Waals surface area contributed by atoms with E-state index >= 15 is 0 Å². The van der Waals surface area contributed by atoms with E-state index < -0.39 is 16.6 Å². The summed E-state index contributed by atoms with van der Waals surface area (Å²) in [7, 11) is 0. The summed E-state index contributed by atoms with van der Waals surface area (Å²) in [4.78, 5) is 26.6. The molecule has 0 saturated heterocycles. The highest BCUT2D eigenvalue weighted by atomic mass is 35.5. The minimum Gasteiger partial charge on any atom is -0.298 e. The number of carbonyl (C=O) groups is 1. The van der Waals surface area contributed by atoms with Crippen molar-refractivity contribution >= 4 is 49.9 Å². The predicted molar refractivity (Wildman–Crippen MR) is 85.6 cm³/mol. The number of thiazole rings is 1. The Kier molecular flexibility index (Phi) is 3.93. The summed E-state index contributed by atoms with van der Waals surface area (Å²) in [6, 6.07) is 7.66. The number of non-ortho nitro benzene ring substituents is 1. The average molecular weight is 352 g/mol. The van der Waals surface area contributed by atoms with Crippen molar-refractivity contribution in [1.29, 1.82) is 0 Å². The van der Waals surface area contributed by atoms with Crippen LogP contribution in [0.25, 0.3) is 10.2 Å². The van der Waals surface area contributed by atoms with Crippen LogP contribution in [0.15, 0.2) is 36.4 Å². The molecule has 0 fully saturated rings. The highest BCUT2D eigenvalue weighted by Crippen LogP contribution is 2.29. The molecule has 0 saturated carbocycles. The van der Waals surface area contributed by atoms with Gasteiger partial charge in [0.2, 0.25) is 0 Å². The molecule has 2 aromatic carbocycles. The van der Waals surface area contributed by atoms with Gasteiger partial charge < -0.3 is 0 Å². The summed E-state index contributed by atoms with van der Waals surface area (Å²) >= 11 is 6.93. The van der Waals surface area contributed by atoms with Gasteiger partial charge in [-0.15, -0.1) is 0 Å². The van der Waals surface area contributed by atoms with Gasteiger partial charge in [-0.05, 0) is 24.3 Å². The van der Waals surface area contributed by atoms with Gasteiger partial charge >= 0.3 is 0 Å². The van der Waals surface area contributed by atoms with Gasteiger partial charge in [-0.1, -0.05) is 22.9 Å². The summed E-state index contributed by atoms with van der Waals surface area (Å²) in [6.45, 7) is 0. The molecule has 0 radical (unpaired) electrons. The number of benzene rings is 2. The zero-order chi connectivity index (χ0) is 16.6. The van der Waals surface area contributed by atoms with Crippen LogP contribution in [0.4, 0.5) is 15.2 Å². The van der Waals surface area contributed by atoms with Gasteiger partial charge in [0.05, 0.1) is 25.7 Å². The Bertz CT molecular complexity index is 944. The van der Waals surface area contributed by atoms with Gasteiger partial charge in [-0.25, -0.2) is 9.37 Å². The van der Waals surface area contributed by atoms with E-state index in [4.69, 9.17) is 11.6 Å². The lowest BCUT2D eigenvalue weighted by atomic mass is 10.2. The standard InChI is InChI=1S/C14H7ClFN3O3S/c15-10-5-7(16)1-3-9(10)13(20)18-14-17-11-4-2-8(19(21)22)6-12(11)23-14/h1-6H,(H,17,18,20). The number of nitro benzene ring substituents is 1. The van der Waals surface area contributed by atoms with E-state index in [0.717, 1.165) is 23.5 Å².